The van der Waals surface area contributed by atoms with Crippen LogP contribution in [-0.2, 0) is 4.74 Å². The number of halogens is 1. The summed E-state index contributed by atoms with van der Waals surface area (Å²) in [4.78, 5) is 27.6. The van der Waals surface area contributed by atoms with Crippen molar-refractivity contribution in [2.45, 2.75) is 45.1 Å². The van der Waals surface area contributed by atoms with Gasteiger partial charge in [0.25, 0.3) is 0 Å². The van der Waals surface area contributed by atoms with Gasteiger partial charge in [0, 0.05) is 36.8 Å². The zero-order valence-corrected chi connectivity index (χ0v) is 19.0. The SMILES string of the molecule is CC(C)(C)OC(=O)N1CCC(c2csc(Nc3ncc(Br)n4ccnc34)n2)CC1. The Hall–Kier alpha value is -2.20. The van der Waals surface area contributed by atoms with E-state index in [0.29, 0.717) is 24.8 Å². The minimum Gasteiger partial charge on any atom is -0.444 e. The third-order valence-corrected chi connectivity index (χ3v) is 6.06. The van der Waals surface area contributed by atoms with Gasteiger partial charge in [-0.2, -0.15) is 0 Å². The van der Waals surface area contributed by atoms with E-state index in [4.69, 9.17) is 9.72 Å². The first-order valence-corrected chi connectivity index (χ1v) is 11.2. The maximum absolute atomic E-state index is 12.2. The van der Waals surface area contributed by atoms with Gasteiger partial charge in [0.15, 0.2) is 16.6 Å². The Labute approximate surface area is 181 Å². The topological polar surface area (TPSA) is 84.7 Å². The molecule has 0 radical (unpaired) electrons. The molecule has 1 aliphatic heterocycles. The molecule has 1 N–H and O–H groups in total. The Morgan fingerprint density at radius 1 is 1.31 bits per heavy atom. The Balaban J connectivity index is 1.39. The number of likely N-dealkylation sites (tertiary alicyclic amines) is 1. The number of piperidine rings is 1. The molecule has 0 spiro atoms. The van der Waals surface area contributed by atoms with E-state index >= 15 is 0 Å². The number of amides is 1. The number of hydrogen-bond donors (Lipinski definition) is 1. The summed E-state index contributed by atoms with van der Waals surface area (Å²) < 4.78 is 8.22. The molecular weight excluding hydrogens is 456 g/mol. The molecule has 3 aromatic heterocycles. The first kappa shape index (κ1) is 20.1. The number of nitrogens with one attached hydrogen (secondary N) is 1. The van der Waals surface area contributed by atoms with Crippen molar-refractivity contribution in [2.24, 2.45) is 0 Å². The fraction of sp³-hybridized carbons (Fsp3) is 0.474. The van der Waals surface area contributed by atoms with Gasteiger partial charge in [-0.05, 0) is 49.5 Å². The monoisotopic (exact) mass is 478 g/mol. The maximum Gasteiger partial charge on any atom is 0.410 e. The molecule has 1 amide bonds. The van der Waals surface area contributed by atoms with Crippen LogP contribution < -0.4 is 5.32 Å². The van der Waals surface area contributed by atoms with E-state index < -0.39 is 5.60 Å². The largest absolute Gasteiger partial charge is 0.444 e. The van der Waals surface area contributed by atoms with Gasteiger partial charge in [-0.1, -0.05) is 0 Å². The van der Waals surface area contributed by atoms with Gasteiger partial charge in [0.2, 0.25) is 0 Å². The number of thiazole rings is 1. The summed E-state index contributed by atoms with van der Waals surface area (Å²) in [5.41, 5.74) is 1.32. The lowest BCUT2D eigenvalue weighted by Gasteiger charge is -2.32. The summed E-state index contributed by atoms with van der Waals surface area (Å²) in [6.07, 6.45) is 6.86. The van der Waals surface area contributed by atoms with E-state index in [-0.39, 0.29) is 6.09 Å². The second kappa shape index (κ2) is 7.91. The van der Waals surface area contributed by atoms with E-state index in [1.54, 1.807) is 28.6 Å². The number of imidazole rings is 1. The van der Waals surface area contributed by atoms with Crippen LogP contribution >= 0.6 is 27.3 Å². The number of nitrogens with zero attached hydrogens (tertiary/aromatic N) is 5. The molecule has 1 aliphatic rings. The second-order valence-corrected chi connectivity index (χ2v) is 9.67. The van der Waals surface area contributed by atoms with Gasteiger partial charge in [0.1, 0.15) is 10.2 Å². The maximum atomic E-state index is 12.2. The summed E-state index contributed by atoms with van der Waals surface area (Å²) in [6, 6.07) is 0. The lowest BCUT2D eigenvalue weighted by atomic mass is 9.94. The Morgan fingerprint density at radius 3 is 2.79 bits per heavy atom. The standard InChI is InChI=1S/C19H23BrN6O2S/c1-19(2,3)28-18(27)25-7-4-12(5-8-25)13-11-29-17(23-13)24-15-16-21-6-9-26(16)14(20)10-22-15/h6,9-12H,4-5,7-8H2,1-3H3,(H,22,23,24). The highest BCUT2D eigenvalue weighted by Crippen LogP contribution is 2.32. The summed E-state index contributed by atoms with van der Waals surface area (Å²) >= 11 is 5.02. The lowest BCUT2D eigenvalue weighted by molar-refractivity contribution is 0.0204. The second-order valence-electron chi connectivity index (χ2n) is 7.99. The first-order chi connectivity index (χ1) is 13.8. The molecule has 1 fully saturated rings. The zero-order valence-electron chi connectivity index (χ0n) is 16.6. The number of carbonyl (C=O) groups excluding carboxylic acids is 1. The predicted octanol–water partition coefficient (Wildman–Crippen LogP) is 4.81. The van der Waals surface area contributed by atoms with Crippen LogP contribution in [-0.4, -0.2) is 49.0 Å². The molecule has 0 unspecified atom stereocenters. The number of fused-ring (bicyclic) bond motifs is 1. The third-order valence-electron chi connectivity index (χ3n) is 4.70. The van der Waals surface area contributed by atoms with Crippen molar-refractivity contribution in [1.82, 2.24) is 24.3 Å². The summed E-state index contributed by atoms with van der Waals surface area (Å²) in [5, 5.41) is 6.15. The van der Waals surface area contributed by atoms with Gasteiger partial charge in [-0.3, -0.25) is 4.40 Å². The van der Waals surface area contributed by atoms with Crippen molar-refractivity contribution in [3.8, 4) is 0 Å². The molecule has 154 valence electrons. The quantitative estimate of drug-likeness (QED) is 0.581. The van der Waals surface area contributed by atoms with Crippen LogP contribution in [0.1, 0.15) is 45.2 Å². The molecule has 4 heterocycles. The van der Waals surface area contributed by atoms with Gasteiger partial charge >= 0.3 is 6.09 Å². The third kappa shape index (κ3) is 4.53. The summed E-state index contributed by atoms with van der Waals surface area (Å²) in [5.74, 6) is 1.00. The Bertz CT molecular complexity index is 1020. The van der Waals surface area contributed by atoms with Crippen molar-refractivity contribution >= 4 is 50.0 Å². The summed E-state index contributed by atoms with van der Waals surface area (Å²) in [7, 11) is 0. The average Bonchev–Trinajstić information content (AvgIpc) is 3.33. The molecular formula is C19H23BrN6O2S. The minimum absolute atomic E-state index is 0.235. The van der Waals surface area contributed by atoms with Crippen LogP contribution in [0.3, 0.4) is 0 Å². The lowest BCUT2D eigenvalue weighted by Crippen LogP contribution is -2.41. The molecule has 29 heavy (non-hydrogen) atoms. The molecule has 10 heteroatoms. The van der Waals surface area contributed by atoms with Gasteiger partial charge in [-0.25, -0.2) is 19.7 Å². The fourth-order valence-electron chi connectivity index (χ4n) is 3.29. The zero-order chi connectivity index (χ0) is 20.6. The highest BCUT2D eigenvalue weighted by molar-refractivity contribution is 9.10. The normalized spacial score (nSPS) is 15.7. The predicted molar refractivity (Wildman–Crippen MR) is 116 cm³/mol. The van der Waals surface area contributed by atoms with Crippen LogP contribution in [0.25, 0.3) is 5.65 Å². The number of ether oxygens (including phenoxy) is 1. The number of rotatable bonds is 3. The van der Waals surface area contributed by atoms with E-state index in [1.807, 2.05) is 31.4 Å². The number of carbonyl (C=O) groups is 1. The van der Waals surface area contributed by atoms with Crippen molar-refractivity contribution in [1.29, 1.82) is 0 Å². The van der Waals surface area contributed by atoms with Gasteiger partial charge in [0.05, 0.1) is 11.9 Å². The highest BCUT2D eigenvalue weighted by atomic mass is 79.9. The van der Waals surface area contributed by atoms with E-state index in [9.17, 15) is 4.79 Å². The van der Waals surface area contributed by atoms with Gasteiger partial charge in [-0.15, -0.1) is 11.3 Å². The molecule has 8 nitrogen and oxygen atoms in total. The van der Waals surface area contributed by atoms with Crippen LogP contribution in [0, 0.1) is 0 Å². The smallest absolute Gasteiger partial charge is 0.410 e. The summed E-state index contributed by atoms with van der Waals surface area (Å²) in [6.45, 7) is 7.03. The first-order valence-electron chi connectivity index (χ1n) is 9.48. The van der Waals surface area contributed by atoms with Crippen molar-refractivity contribution in [3.63, 3.8) is 0 Å². The van der Waals surface area contributed by atoms with Crippen LogP contribution in [0.2, 0.25) is 0 Å². The minimum atomic E-state index is -0.468. The molecule has 1 saturated heterocycles. The van der Waals surface area contributed by atoms with Crippen LogP contribution in [0.5, 0.6) is 0 Å². The Morgan fingerprint density at radius 2 is 2.07 bits per heavy atom. The molecule has 0 aromatic carbocycles. The highest BCUT2D eigenvalue weighted by Gasteiger charge is 2.28. The molecule has 0 bridgehead atoms. The number of anilines is 2. The van der Waals surface area contributed by atoms with E-state index in [0.717, 1.165) is 33.9 Å². The number of hydrogen-bond acceptors (Lipinski definition) is 7. The van der Waals surface area contributed by atoms with E-state index in [2.05, 4.69) is 36.6 Å². The van der Waals surface area contributed by atoms with E-state index in [1.165, 1.54) is 0 Å². The van der Waals surface area contributed by atoms with Crippen molar-refractivity contribution < 1.29 is 9.53 Å². The molecule has 0 aliphatic carbocycles. The van der Waals surface area contributed by atoms with Crippen molar-refractivity contribution in [3.05, 3.63) is 34.3 Å². The van der Waals surface area contributed by atoms with Gasteiger partial charge < -0.3 is 15.0 Å². The Kier molecular flexibility index (Phi) is 5.48. The molecule has 3 aromatic rings. The average molecular weight is 479 g/mol. The molecule has 4 rings (SSSR count). The van der Waals surface area contributed by atoms with Crippen molar-refractivity contribution in [2.75, 3.05) is 18.4 Å². The molecule has 0 saturated carbocycles. The van der Waals surface area contributed by atoms with Crippen LogP contribution in [0.4, 0.5) is 15.7 Å². The number of aromatic nitrogens is 4. The fourth-order valence-corrected chi connectivity index (χ4v) is 4.47. The van der Waals surface area contributed by atoms with Crippen LogP contribution in [0.15, 0.2) is 28.6 Å². The molecule has 0 atom stereocenters.